The summed E-state index contributed by atoms with van der Waals surface area (Å²) in [6.45, 7) is -0.287. The van der Waals surface area contributed by atoms with E-state index in [1.165, 1.54) is 12.1 Å². The number of hydrogen-bond acceptors (Lipinski definition) is 2. The fourth-order valence-corrected chi connectivity index (χ4v) is 3.64. The van der Waals surface area contributed by atoms with Crippen molar-refractivity contribution in [3.8, 4) is 5.75 Å². The second kappa shape index (κ2) is 7.54. The maximum atomic E-state index is 12.4. The second-order valence-electron chi connectivity index (χ2n) is 6.79. The van der Waals surface area contributed by atoms with Crippen molar-refractivity contribution in [2.45, 2.75) is 26.5 Å². The van der Waals surface area contributed by atoms with E-state index >= 15 is 0 Å². The molecule has 0 aliphatic carbocycles. The number of halogens is 2. The largest absolute Gasteiger partial charge is 0.435 e. The van der Waals surface area contributed by atoms with E-state index in [1.807, 2.05) is 12.1 Å². The zero-order chi connectivity index (χ0) is 20.5. The minimum atomic E-state index is -2.85. The highest BCUT2D eigenvalue weighted by molar-refractivity contribution is 6.17. The second-order valence-corrected chi connectivity index (χ2v) is 6.79. The van der Waals surface area contributed by atoms with Crippen molar-refractivity contribution in [1.29, 1.82) is 0 Å². The van der Waals surface area contributed by atoms with E-state index in [4.69, 9.17) is 5.73 Å². The van der Waals surface area contributed by atoms with Crippen molar-refractivity contribution in [1.82, 2.24) is 4.57 Å². The summed E-state index contributed by atoms with van der Waals surface area (Å²) in [5, 5.41) is 1.61. The predicted molar refractivity (Wildman–Crippen MR) is 108 cm³/mol. The number of carbonyl (C=O) groups excluding carboxylic acids is 1. The normalized spacial score (nSPS) is 11.4. The Morgan fingerprint density at radius 2 is 1.90 bits per heavy atom. The molecule has 4 rings (SSSR count). The van der Waals surface area contributed by atoms with Gasteiger partial charge < -0.3 is 15.0 Å². The van der Waals surface area contributed by atoms with Crippen LogP contribution in [0.4, 0.5) is 8.78 Å². The molecule has 0 atom stereocenters. The minimum Gasteiger partial charge on any atom is -0.435 e. The molecule has 1 radical (unpaired) electrons. The fraction of sp³-hybridized carbons (Fsp3) is 0.174. The number of primary amides is 1. The first-order chi connectivity index (χ1) is 14.0. The number of amides is 1. The SMILES string of the molecule is CCc1c[c]c2c3c(C(N)=O)cccc3n(Cc3ccc(OC(F)F)cc3)c2c1. The number of nitrogens with two attached hydrogens (primary N) is 1. The van der Waals surface area contributed by atoms with Gasteiger partial charge in [0.2, 0.25) is 5.91 Å². The third-order valence-electron chi connectivity index (χ3n) is 5.02. The lowest BCUT2D eigenvalue weighted by atomic mass is 10.0. The van der Waals surface area contributed by atoms with Gasteiger partial charge in [-0.25, -0.2) is 0 Å². The summed E-state index contributed by atoms with van der Waals surface area (Å²) >= 11 is 0. The standard InChI is InChI=1S/C23H19F2N2O2/c1-2-14-8-11-17-20(12-14)27(19-5-3-4-18(21(17)19)22(26)28)13-15-6-9-16(10-7-15)29-23(24)25/h3-10,12,23H,2,13H2,1H3,(H2,26,28). The van der Waals surface area contributed by atoms with Gasteiger partial charge in [0.05, 0.1) is 11.0 Å². The van der Waals surface area contributed by atoms with Crippen molar-refractivity contribution in [2.75, 3.05) is 0 Å². The van der Waals surface area contributed by atoms with Crippen LogP contribution in [-0.2, 0) is 13.0 Å². The van der Waals surface area contributed by atoms with Gasteiger partial charge in [-0.05, 0) is 53.9 Å². The molecular formula is C23H19F2N2O2. The number of alkyl halides is 2. The Kier molecular flexibility index (Phi) is 4.92. The Hall–Kier alpha value is -3.41. The average Bonchev–Trinajstić information content (AvgIpc) is 3.02. The van der Waals surface area contributed by atoms with Crippen LogP contribution >= 0.6 is 0 Å². The molecule has 0 aliphatic heterocycles. The Morgan fingerprint density at radius 1 is 1.14 bits per heavy atom. The monoisotopic (exact) mass is 393 g/mol. The zero-order valence-electron chi connectivity index (χ0n) is 15.8. The summed E-state index contributed by atoms with van der Waals surface area (Å²) in [7, 11) is 0. The number of nitrogens with zero attached hydrogens (tertiary/aromatic N) is 1. The van der Waals surface area contributed by atoms with Crippen LogP contribution in [0.2, 0.25) is 0 Å². The molecule has 0 spiro atoms. The molecule has 0 saturated carbocycles. The highest BCUT2D eigenvalue weighted by atomic mass is 19.3. The number of ether oxygens (including phenoxy) is 1. The van der Waals surface area contributed by atoms with E-state index in [0.29, 0.717) is 12.1 Å². The molecule has 6 heteroatoms. The molecule has 0 aliphatic rings. The number of hydrogen-bond donors (Lipinski definition) is 1. The minimum absolute atomic E-state index is 0.114. The molecule has 0 saturated heterocycles. The summed E-state index contributed by atoms with van der Waals surface area (Å²) < 4.78 is 31.3. The van der Waals surface area contributed by atoms with Gasteiger partial charge in [0.15, 0.2) is 0 Å². The molecule has 0 unspecified atom stereocenters. The van der Waals surface area contributed by atoms with Gasteiger partial charge >= 0.3 is 6.61 Å². The third kappa shape index (κ3) is 3.53. The van der Waals surface area contributed by atoms with Gasteiger partial charge in [-0.1, -0.05) is 31.2 Å². The first kappa shape index (κ1) is 18.9. The lowest BCUT2D eigenvalue weighted by Gasteiger charge is -2.10. The fourth-order valence-electron chi connectivity index (χ4n) is 3.64. The van der Waals surface area contributed by atoms with Crippen LogP contribution in [0.1, 0.15) is 28.4 Å². The Morgan fingerprint density at radius 3 is 2.55 bits per heavy atom. The summed E-state index contributed by atoms with van der Waals surface area (Å²) in [5.74, 6) is -0.375. The maximum absolute atomic E-state index is 12.4. The molecule has 1 aromatic heterocycles. The van der Waals surface area contributed by atoms with Gasteiger partial charge in [0.25, 0.3) is 0 Å². The first-order valence-electron chi connectivity index (χ1n) is 9.27. The van der Waals surface area contributed by atoms with Gasteiger partial charge in [-0.3, -0.25) is 4.79 Å². The summed E-state index contributed by atoms with van der Waals surface area (Å²) in [4.78, 5) is 12.0. The Balaban J connectivity index is 1.87. The van der Waals surface area contributed by atoms with Gasteiger partial charge in [0, 0.05) is 22.9 Å². The number of carbonyl (C=O) groups is 1. The molecule has 1 amide bonds. The molecule has 4 aromatic rings. The molecule has 0 bridgehead atoms. The van der Waals surface area contributed by atoms with Gasteiger partial charge in [-0.15, -0.1) is 0 Å². The third-order valence-corrected chi connectivity index (χ3v) is 5.02. The van der Waals surface area contributed by atoms with Crippen LogP contribution in [0.3, 0.4) is 0 Å². The van der Waals surface area contributed by atoms with E-state index in [-0.39, 0.29) is 5.75 Å². The molecular weight excluding hydrogens is 374 g/mol. The van der Waals surface area contributed by atoms with Crippen molar-refractivity contribution >= 4 is 27.7 Å². The lowest BCUT2D eigenvalue weighted by Crippen LogP contribution is -2.11. The summed E-state index contributed by atoms with van der Waals surface area (Å²) in [6.07, 6.45) is 0.857. The number of fused-ring (bicyclic) bond motifs is 3. The molecule has 2 N–H and O–H groups in total. The van der Waals surface area contributed by atoms with E-state index in [9.17, 15) is 13.6 Å². The van der Waals surface area contributed by atoms with Gasteiger partial charge in [-0.2, -0.15) is 8.78 Å². The quantitative estimate of drug-likeness (QED) is 0.506. The number of aryl methyl sites for hydroxylation is 1. The molecule has 3 aromatic carbocycles. The summed E-state index contributed by atoms with van der Waals surface area (Å²) in [5.41, 5.74) is 9.92. The number of aromatic nitrogens is 1. The lowest BCUT2D eigenvalue weighted by molar-refractivity contribution is -0.0498. The Labute approximate surface area is 166 Å². The van der Waals surface area contributed by atoms with Crippen LogP contribution in [0.5, 0.6) is 5.75 Å². The van der Waals surface area contributed by atoms with Crippen molar-refractivity contribution in [2.24, 2.45) is 5.73 Å². The summed E-state index contributed by atoms with van der Waals surface area (Å²) in [6, 6.07) is 19.3. The van der Waals surface area contributed by atoms with Crippen molar-refractivity contribution < 1.29 is 18.3 Å². The Bertz CT molecular complexity index is 1200. The molecule has 1 heterocycles. The van der Waals surface area contributed by atoms with E-state index in [0.717, 1.165) is 39.4 Å². The molecule has 4 nitrogen and oxygen atoms in total. The van der Waals surface area contributed by atoms with Gasteiger partial charge in [0.1, 0.15) is 5.75 Å². The number of rotatable bonds is 6. The topological polar surface area (TPSA) is 57.2 Å². The zero-order valence-corrected chi connectivity index (χ0v) is 15.8. The van der Waals surface area contributed by atoms with Crippen LogP contribution < -0.4 is 10.5 Å². The molecule has 147 valence electrons. The molecule has 29 heavy (non-hydrogen) atoms. The van der Waals surface area contributed by atoms with E-state index in [1.54, 1.807) is 24.3 Å². The van der Waals surface area contributed by atoms with E-state index < -0.39 is 12.5 Å². The smallest absolute Gasteiger partial charge is 0.387 e. The van der Waals surface area contributed by atoms with E-state index in [2.05, 4.69) is 28.4 Å². The predicted octanol–water partition coefficient (Wildman–Crippen LogP) is 4.91. The van der Waals surface area contributed by atoms with Crippen LogP contribution in [0, 0.1) is 6.07 Å². The van der Waals surface area contributed by atoms with Crippen LogP contribution in [0.25, 0.3) is 21.8 Å². The average molecular weight is 393 g/mol. The van der Waals surface area contributed by atoms with Crippen LogP contribution in [-0.4, -0.2) is 17.1 Å². The number of benzene rings is 3. The van der Waals surface area contributed by atoms with Crippen molar-refractivity contribution in [3.63, 3.8) is 0 Å². The highest BCUT2D eigenvalue weighted by Crippen LogP contribution is 2.33. The van der Waals surface area contributed by atoms with Crippen molar-refractivity contribution in [3.05, 3.63) is 77.4 Å². The molecule has 0 fully saturated rings. The van der Waals surface area contributed by atoms with Crippen LogP contribution in [0.15, 0.2) is 54.6 Å². The highest BCUT2D eigenvalue weighted by Gasteiger charge is 2.17. The maximum Gasteiger partial charge on any atom is 0.387 e. The first-order valence-corrected chi connectivity index (χ1v) is 9.27.